The molecule has 2 aliphatic heterocycles. The standard InChI is InChI=1S/C27H30N2O5/c1-32-22-11-12-23-24(17-22)33-18-25(26(23)30)34-21-9-7-19(8-10-21)27(31)29-15-13-28(14-16-29)20-5-3-2-4-6-20/h2-10,18,22-24H,11-17H2,1H3. The maximum Gasteiger partial charge on any atom is 0.253 e. The lowest BCUT2D eigenvalue weighted by atomic mass is 9.80. The summed E-state index contributed by atoms with van der Waals surface area (Å²) in [7, 11) is 1.69. The molecule has 3 unspecified atom stereocenters. The van der Waals surface area contributed by atoms with E-state index < -0.39 is 0 Å². The van der Waals surface area contributed by atoms with Crippen LogP contribution in [0.5, 0.6) is 5.75 Å². The summed E-state index contributed by atoms with van der Waals surface area (Å²) in [5, 5.41) is 0. The molecule has 2 fully saturated rings. The van der Waals surface area contributed by atoms with Crippen molar-refractivity contribution in [3.05, 3.63) is 72.2 Å². The average Bonchev–Trinajstić information content (AvgIpc) is 2.90. The molecule has 2 aromatic rings. The second kappa shape index (κ2) is 9.89. The summed E-state index contributed by atoms with van der Waals surface area (Å²) in [5.41, 5.74) is 1.79. The number of hydrogen-bond acceptors (Lipinski definition) is 6. The number of nitrogens with zero attached hydrogens (tertiary/aromatic N) is 2. The van der Waals surface area contributed by atoms with Gasteiger partial charge in [0.2, 0.25) is 11.5 Å². The first-order valence-electron chi connectivity index (χ1n) is 11.9. The van der Waals surface area contributed by atoms with Crippen molar-refractivity contribution in [2.45, 2.75) is 31.5 Å². The van der Waals surface area contributed by atoms with Crippen molar-refractivity contribution < 1.29 is 23.8 Å². The molecule has 7 nitrogen and oxygen atoms in total. The first kappa shape index (κ1) is 22.5. The van der Waals surface area contributed by atoms with Gasteiger partial charge in [-0.3, -0.25) is 9.59 Å². The van der Waals surface area contributed by atoms with Crippen LogP contribution in [-0.4, -0.2) is 62.1 Å². The summed E-state index contributed by atoms with van der Waals surface area (Å²) in [5.74, 6) is 0.517. The van der Waals surface area contributed by atoms with E-state index in [0.29, 0.717) is 30.8 Å². The molecule has 1 saturated carbocycles. The van der Waals surface area contributed by atoms with Crippen LogP contribution in [0.4, 0.5) is 5.69 Å². The average molecular weight is 463 g/mol. The highest BCUT2D eigenvalue weighted by Crippen LogP contribution is 2.35. The van der Waals surface area contributed by atoms with Crippen LogP contribution in [0.1, 0.15) is 29.6 Å². The molecule has 1 saturated heterocycles. The van der Waals surface area contributed by atoms with Gasteiger partial charge in [-0.15, -0.1) is 0 Å². The van der Waals surface area contributed by atoms with Gasteiger partial charge in [0.05, 0.1) is 12.0 Å². The molecule has 5 rings (SSSR count). The van der Waals surface area contributed by atoms with Crippen LogP contribution in [0.15, 0.2) is 66.6 Å². The lowest BCUT2D eigenvalue weighted by Crippen LogP contribution is -2.48. The van der Waals surface area contributed by atoms with Crippen molar-refractivity contribution in [1.82, 2.24) is 4.90 Å². The molecular formula is C27H30N2O5. The summed E-state index contributed by atoms with van der Waals surface area (Å²) in [6.07, 6.45) is 3.70. The third-order valence-electron chi connectivity index (χ3n) is 7.02. The van der Waals surface area contributed by atoms with E-state index in [9.17, 15) is 9.59 Å². The maximum absolute atomic E-state index is 13.0. The Hall–Kier alpha value is -3.32. The highest BCUT2D eigenvalue weighted by molar-refractivity contribution is 5.97. The van der Waals surface area contributed by atoms with E-state index >= 15 is 0 Å². The number of ether oxygens (including phenoxy) is 3. The van der Waals surface area contributed by atoms with Crippen LogP contribution in [-0.2, 0) is 14.3 Å². The SMILES string of the molecule is COC1CCC2C(=O)C(Oc3ccc(C(=O)N4CCN(c5ccccc5)CC4)cc3)=COC2C1. The van der Waals surface area contributed by atoms with Gasteiger partial charge in [-0.25, -0.2) is 0 Å². The number of piperazine rings is 1. The molecule has 1 aliphatic carbocycles. The molecule has 0 spiro atoms. The second-order valence-corrected chi connectivity index (χ2v) is 9.04. The van der Waals surface area contributed by atoms with E-state index in [1.54, 1.807) is 31.4 Å². The number of allylic oxidation sites excluding steroid dienone is 1. The van der Waals surface area contributed by atoms with Crippen LogP contribution in [0.3, 0.4) is 0 Å². The highest BCUT2D eigenvalue weighted by Gasteiger charge is 2.41. The zero-order valence-electron chi connectivity index (χ0n) is 19.4. The molecular weight excluding hydrogens is 432 g/mol. The quantitative estimate of drug-likeness (QED) is 0.676. The Labute approximate surface area is 199 Å². The number of ketones is 1. The van der Waals surface area contributed by atoms with Crippen molar-refractivity contribution in [3.63, 3.8) is 0 Å². The first-order chi connectivity index (χ1) is 16.6. The third-order valence-corrected chi connectivity index (χ3v) is 7.02. The number of amides is 1. The summed E-state index contributed by atoms with van der Waals surface area (Å²) >= 11 is 0. The number of fused-ring (bicyclic) bond motifs is 1. The minimum Gasteiger partial charge on any atom is -0.493 e. The number of benzene rings is 2. The molecule has 34 heavy (non-hydrogen) atoms. The Morgan fingerprint density at radius 3 is 2.41 bits per heavy atom. The van der Waals surface area contributed by atoms with Crippen molar-refractivity contribution in [1.29, 1.82) is 0 Å². The van der Waals surface area contributed by atoms with Gasteiger partial charge >= 0.3 is 0 Å². The zero-order valence-corrected chi connectivity index (χ0v) is 19.4. The van der Waals surface area contributed by atoms with Crippen LogP contribution in [0.2, 0.25) is 0 Å². The summed E-state index contributed by atoms with van der Waals surface area (Å²) in [6.45, 7) is 2.97. The molecule has 2 heterocycles. The molecule has 0 bridgehead atoms. The second-order valence-electron chi connectivity index (χ2n) is 9.04. The van der Waals surface area contributed by atoms with Gasteiger partial charge in [0.15, 0.2) is 0 Å². The van der Waals surface area contributed by atoms with Gasteiger partial charge in [0, 0.05) is 51.0 Å². The van der Waals surface area contributed by atoms with Gasteiger partial charge < -0.3 is 24.0 Å². The number of rotatable bonds is 5. The molecule has 2 aromatic carbocycles. The number of para-hydroxylation sites is 1. The lowest BCUT2D eigenvalue weighted by molar-refractivity contribution is -0.133. The van der Waals surface area contributed by atoms with Crippen molar-refractivity contribution in [2.24, 2.45) is 5.92 Å². The third kappa shape index (κ3) is 4.66. The molecule has 178 valence electrons. The summed E-state index contributed by atoms with van der Waals surface area (Å²) in [4.78, 5) is 30.0. The minimum atomic E-state index is -0.193. The fraction of sp³-hybridized carbons (Fsp3) is 0.407. The van der Waals surface area contributed by atoms with E-state index in [4.69, 9.17) is 14.2 Å². The van der Waals surface area contributed by atoms with Crippen LogP contribution in [0, 0.1) is 5.92 Å². The van der Waals surface area contributed by atoms with Gasteiger partial charge in [0.1, 0.15) is 18.1 Å². The number of Topliss-reactive ketones (excluding diaryl/α,β-unsaturated/α-hetero) is 1. The Kier molecular flexibility index (Phi) is 6.54. The normalized spacial score (nSPS) is 24.7. The Morgan fingerprint density at radius 1 is 0.971 bits per heavy atom. The maximum atomic E-state index is 13.0. The Balaban J connectivity index is 1.17. The zero-order chi connectivity index (χ0) is 23.5. The summed E-state index contributed by atoms with van der Waals surface area (Å²) in [6, 6.07) is 17.2. The van der Waals surface area contributed by atoms with Gasteiger partial charge in [-0.1, -0.05) is 18.2 Å². The number of anilines is 1. The van der Waals surface area contributed by atoms with Gasteiger partial charge in [-0.2, -0.15) is 0 Å². The largest absolute Gasteiger partial charge is 0.493 e. The molecule has 0 N–H and O–H groups in total. The smallest absolute Gasteiger partial charge is 0.253 e. The minimum absolute atomic E-state index is 0.00768. The monoisotopic (exact) mass is 462 g/mol. The van der Waals surface area contributed by atoms with Crippen LogP contribution in [0.25, 0.3) is 0 Å². The highest BCUT2D eigenvalue weighted by atomic mass is 16.5. The van der Waals surface area contributed by atoms with Crippen LogP contribution >= 0.6 is 0 Å². The van der Waals surface area contributed by atoms with E-state index in [-0.39, 0.29) is 35.6 Å². The van der Waals surface area contributed by atoms with Crippen LogP contribution < -0.4 is 9.64 Å². The predicted octanol–water partition coefficient (Wildman–Crippen LogP) is 3.65. The molecule has 0 radical (unpaired) electrons. The van der Waals surface area contributed by atoms with Gasteiger partial charge in [-0.05, 0) is 49.2 Å². The number of methoxy groups -OCH3 is 1. The molecule has 1 amide bonds. The van der Waals surface area contributed by atoms with Crippen molar-refractivity contribution >= 4 is 17.4 Å². The van der Waals surface area contributed by atoms with E-state index in [1.165, 1.54) is 11.9 Å². The van der Waals surface area contributed by atoms with E-state index in [2.05, 4.69) is 17.0 Å². The number of carbonyl (C=O) groups is 2. The molecule has 3 atom stereocenters. The summed E-state index contributed by atoms with van der Waals surface area (Å²) < 4.78 is 17.1. The number of carbonyl (C=O) groups excluding carboxylic acids is 2. The lowest BCUT2D eigenvalue weighted by Gasteiger charge is -2.36. The predicted molar refractivity (Wildman–Crippen MR) is 128 cm³/mol. The van der Waals surface area contributed by atoms with Crippen molar-refractivity contribution in [2.75, 3.05) is 38.2 Å². The fourth-order valence-corrected chi connectivity index (χ4v) is 5.00. The first-order valence-corrected chi connectivity index (χ1v) is 11.9. The van der Waals surface area contributed by atoms with E-state index in [1.807, 2.05) is 23.1 Å². The molecule has 3 aliphatic rings. The van der Waals surface area contributed by atoms with E-state index in [0.717, 1.165) is 25.9 Å². The number of hydrogen-bond donors (Lipinski definition) is 0. The Morgan fingerprint density at radius 2 is 1.71 bits per heavy atom. The fourth-order valence-electron chi connectivity index (χ4n) is 5.00. The van der Waals surface area contributed by atoms with Gasteiger partial charge in [0.25, 0.3) is 5.91 Å². The molecule has 0 aromatic heterocycles. The Bertz CT molecular complexity index is 1040. The topological polar surface area (TPSA) is 68.3 Å². The van der Waals surface area contributed by atoms with Crippen molar-refractivity contribution in [3.8, 4) is 5.75 Å². The molecule has 7 heteroatoms.